The van der Waals surface area contributed by atoms with Crippen LogP contribution in [0.2, 0.25) is 5.02 Å². The summed E-state index contributed by atoms with van der Waals surface area (Å²) in [5, 5.41) is 2.39. The number of nitrogens with zero attached hydrogens (tertiary/aromatic N) is 3. The van der Waals surface area contributed by atoms with E-state index >= 15 is 0 Å². The smallest absolute Gasteiger partial charge is 0.253 e. The first-order chi connectivity index (χ1) is 14.9. The van der Waals surface area contributed by atoms with E-state index in [0.29, 0.717) is 18.1 Å². The number of halogens is 1. The molecular weight excluding hydrogens is 454 g/mol. The third-order valence-electron chi connectivity index (χ3n) is 5.41. The van der Waals surface area contributed by atoms with Gasteiger partial charge in [0, 0.05) is 40.9 Å². The monoisotopic (exact) mass is 471 g/mol. The average Bonchev–Trinajstić information content (AvgIpc) is 3.19. The van der Waals surface area contributed by atoms with Gasteiger partial charge in [0.1, 0.15) is 4.21 Å². The molecule has 0 spiro atoms. The fraction of sp³-hybridized carbons (Fsp3) is 0.182. The van der Waals surface area contributed by atoms with Crippen molar-refractivity contribution in [1.29, 1.82) is 0 Å². The number of para-hydroxylation sites is 1. The second-order valence-corrected chi connectivity index (χ2v) is 11.1. The third kappa shape index (κ3) is 3.80. The average molecular weight is 472 g/mol. The minimum atomic E-state index is -3.75. The number of thiophene rings is 1. The van der Waals surface area contributed by atoms with Crippen molar-refractivity contribution in [1.82, 2.24) is 14.2 Å². The van der Waals surface area contributed by atoms with E-state index in [4.69, 9.17) is 11.6 Å². The summed E-state index contributed by atoms with van der Waals surface area (Å²) in [4.78, 5) is 19.0. The Balaban J connectivity index is 1.35. The standard InChI is InChI=1S/C22H18ClN3O3S2/c23-18-7-6-16-11-21(30-19(16)12-18)31(28,29)26-10-9-25(20(27)14-26)13-17-4-1-3-15-5-2-8-24-22(15)17/h1-8,11-12H,9-10,13-14H2. The molecule has 1 saturated heterocycles. The number of pyridine rings is 1. The maximum absolute atomic E-state index is 13.1. The molecule has 1 fully saturated rings. The molecule has 31 heavy (non-hydrogen) atoms. The lowest BCUT2D eigenvalue weighted by Crippen LogP contribution is -2.51. The summed E-state index contributed by atoms with van der Waals surface area (Å²) >= 11 is 7.19. The SMILES string of the molecule is O=C1CN(S(=O)(=O)c2cc3ccc(Cl)cc3s2)CCN1Cc1cccc2cccnc12. The maximum Gasteiger partial charge on any atom is 0.253 e. The zero-order valence-corrected chi connectivity index (χ0v) is 18.8. The summed E-state index contributed by atoms with van der Waals surface area (Å²) in [5.74, 6) is -0.216. The molecular formula is C22H18ClN3O3S2. The zero-order chi connectivity index (χ0) is 21.6. The van der Waals surface area contributed by atoms with E-state index in [-0.39, 0.29) is 23.2 Å². The molecule has 0 saturated carbocycles. The summed E-state index contributed by atoms with van der Waals surface area (Å²) in [7, 11) is -3.75. The van der Waals surface area contributed by atoms with Crippen LogP contribution in [0.3, 0.4) is 0 Å². The van der Waals surface area contributed by atoms with Crippen LogP contribution in [0.1, 0.15) is 5.56 Å². The van der Waals surface area contributed by atoms with Crippen LogP contribution >= 0.6 is 22.9 Å². The highest BCUT2D eigenvalue weighted by atomic mass is 35.5. The van der Waals surface area contributed by atoms with Crippen LogP contribution in [0.25, 0.3) is 21.0 Å². The Labute approximate surface area is 188 Å². The summed E-state index contributed by atoms with van der Waals surface area (Å²) in [6.07, 6.45) is 1.73. The number of carbonyl (C=O) groups is 1. The summed E-state index contributed by atoms with van der Waals surface area (Å²) in [6.45, 7) is 0.817. The number of aromatic nitrogens is 1. The number of sulfonamides is 1. The van der Waals surface area contributed by atoms with Gasteiger partial charge in [0.05, 0.1) is 12.1 Å². The van der Waals surface area contributed by atoms with Crippen molar-refractivity contribution in [2.24, 2.45) is 0 Å². The molecule has 4 aromatic rings. The van der Waals surface area contributed by atoms with Crippen LogP contribution < -0.4 is 0 Å². The molecule has 158 valence electrons. The predicted octanol–water partition coefficient (Wildman–Crippen LogP) is 4.14. The molecule has 1 aliphatic heterocycles. The lowest BCUT2D eigenvalue weighted by molar-refractivity contribution is -0.134. The third-order valence-corrected chi connectivity index (χ3v) is 9.04. The zero-order valence-electron chi connectivity index (χ0n) is 16.4. The van der Waals surface area contributed by atoms with Crippen molar-refractivity contribution in [3.63, 3.8) is 0 Å². The fourth-order valence-corrected chi connectivity index (χ4v) is 7.00. The van der Waals surface area contributed by atoms with Crippen LogP contribution in [0.4, 0.5) is 0 Å². The molecule has 0 radical (unpaired) electrons. The van der Waals surface area contributed by atoms with Gasteiger partial charge in [-0.3, -0.25) is 9.78 Å². The number of hydrogen-bond acceptors (Lipinski definition) is 5. The Morgan fingerprint density at radius 3 is 2.71 bits per heavy atom. The number of fused-ring (bicyclic) bond motifs is 2. The Kier molecular flexibility index (Phi) is 5.18. The van der Waals surface area contributed by atoms with Gasteiger partial charge in [-0.2, -0.15) is 4.31 Å². The Hall–Kier alpha value is -2.52. The van der Waals surface area contributed by atoms with Gasteiger partial charge in [-0.25, -0.2) is 8.42 Å². The second-order valence-electron chi connectivity index (χ2n) is 7.39. The van der Waals surface area contributed by atoms with Crippen molar-refractivity contribution >= 4 is 59.9 Å². The minimum absolute atomic E-state index is 0.171. The Morgan fingerprint density at radius 1 is 1.03 bits per heavy atom. The number of amides is 1. The largest absolute Gasteiger partial charge is 0.336 e. The molecule has 0 unspecified atom stereocenters. The van der Waals surface area contributed by atoms with Gasteiger partial charge in [-0.1, -0.05) is 41.9 Å². The Morgan fingerprint density at radius 2 is 1.87 bits per heavy atom. The molecule has 6 nitrogen and oxygen atoms in total. The fourth-order valence-electron chi connectivity index (χ4n) is 3.79. The molecule has 0 atom stereocenters. The van der Waals surface area contributed by atoms with E-state index in [1.165, 1.54) is 15.6 Å². The number of piperazine rings is 1. The van der Waals surface area contributed by atoms with E-state index in [9.17, 15) is 13.2 Å². The van der Waals surface area contributed by atoms with Crippen LogP contribution in [-0.4, -0.2) is 48.1 Å². The van der Waals surface area contributed by atoms with E-state index < -0.39 is 10.0 Å². The van der Waals surface area contributed by atoms with Crippen molar-refractivity contribution in [3.05, 3.63) is 71.4 Å². The van der Waals surface area contributed by atoms with Gasteiger partial charge >= 0.3 is 0 Å². The minimum Gasteiger partial charge on any atom is -0.336 e. The normalized spacial score (nSPS) is 15.8. The van der Waals surface area contributed by atoms with Gasteiger partial charge in [-0.05, 0) is 35.2 Å². The van der Waals surface area contributed by atoms with Gasteiger partial charge in [0.25, 0.3) is 10.0 Å². The maximum atomic E-state index is 13.1. The van der Waals surface area contributed by atoms with E-state index in [1.54, 1.807) is 35.4 Å². The molecule has 0 bridgehead atoms. The number of hydrogen-bond donors (Lipinski definition) is 0. The lowest BCUT2D eigenvalue weighted by atomic mass is 10.1. The van der Waals surface area contributed by atoms with E-state index in [1.807, 2.05) is 30.3 Å². The van der Waals surface area contributed by atoms with E-state index in [0.717, 1.165) is 26.6 Å². The molecule has 2 aromatic heterocycles. The van der Waals surface area contributed by atoms with Crippen LogP contribution in [0.15, 0.2) is 65.0 Å². The highest BCUT2D eigenvalue weighted by Gasteiger charge is 2.34. The molecule has 1 amide bonds. The number of carbonyl (C=O) groups excluding carboxylic acids is 1. The van der Waals surface area contributed by atoms with Crippen molar-refractivity contribution in [3.8, 4) is 0 Å². The topological polar surface area (TPSA) is 70.6 Å². The van der Waals surface area contributed by atoms with Gasteiger partial charge in [0.2, 0.25) is 5.91 Å². The van der Waals surface area contributed by atoms with Crippen molar-refractivity contribution in [2.75, 3.05) is 19.6 Å². The van der Waals surface area contributed by atoms with Crippen LogP contribution in [0, 0.1) is 0 Å². The molecule has 1 aliphatic rings. The van der Waals surface area contributed by atoms with Crippen LogP contribution in [-0.2, 0) is 21.4 Å². The molecule has 5 rings (SSSR count). The van der Waals surface area contributed by atoms with Gasteiger partial charge in [-0.15, -0.1) is 11.3 Å². The number of benzene rings is 2. The summed E-state index contributed by atoms with van der Waals surface area (Å²) < 4.78 is 28.6. The molecule has 3 heterocycles. The first-order valence-electron chi connectivity index (χ1n) is 9.71. The number of rotatable bonds is 4. The van der Waals surface area contributed by atoms with Crippen molar-refractivity contribution in [2.45, 2.75) is 10.8 Å². The lowest BCUT2D eigenvalue weighted by Gasteiger charge is -2.33. The second kappa shape index (κ2) is 7.87. The molecule has 0 N–H and O–H groups in total. The van der Waals surface area contributed by atoms with Crippen molar-refractivity contribution < 1.29 is 13.2 Å². The molecule has 9 heteroatoms. The highest BCUT2D eigenvalue weighted by molar-refractivity contribution is 7.91. The van der Waals surface area contributed by atoms with Gasteiger partial charge < -0.3 is 4.90 Å². The first kappa shape index (κ1) is 20.4. The highest BCUT2D eigenvalue weighted by Crippen LogP contribution is 2.33. The quantitative estimate of drug-likeness (QED) is 0.448. The molecule has 2 aromatic carbocycles. The first-order valence-corrected chi connectivity index (χ1v) is 12.3. The van der Waals surface area contributed by atoms with Gasteiger partial charge in [0.15, 0.2) is 0 Å². The predicted molar refractivity (Wildman–Crippen MR) is 123 cm³/mol. The summed E-state index contributed by atoms with van der Waals surface area (Å²) in [6, 6.07) is 16.7. The Bertz CT molecular complexity index is 1410. The summed E-state index contributed by atoms with van der Waals surface area (Å²) in [5.41, 5.74) is 1.81. The van der Waals surface area contributed by atoms with Crippen LogP contribution in [0.5, 0.6) is 0 Å². The van der Waals surface area contributed by atoms with E-state index in [2.05, 4.69) is 4.98 Å². The molecule has 0 aliphatic carbocycles.